The molecule has 5 aliphatic heterocycles. The summed E-state index contributed by atoms with van der Waals surface area (Å²) in [5.74, 6) is -0.726. The van der Waals surface area contributed by atoms with E-state index in [1.807, 2.05) is 0 Å². The van der Waals surface area contributed by atoms with Crippen LogP contribution in [0.25, 0.3) is 11.2 Å². The number of hydrogen-bond donors (Lipinski definition) is 6. The molecule has 98 heavy (non-hydrogen) atoms. The number of imidazole rings is 1. The summed E-state index contributed by atoms with van der Waals surface area (Å²) in [5.41, 5.74) is 1.79. The summed E-state index contributed by atoms with van der Waals surface area (Å²) in [6, 6.07) is 0. The number of nitrogen functional groups attached to an aromatic ring is 1. The molecule has 5 aliphatic rings. The quantitative estimate of drug-likeness (QED) is 0.0173. The van der Waals surface area contributed by atoms with Crippen molar-refractivity contribution in [3.63, 3.8) is 0 Å². The first-order valence-electron chi connectivity index (χ1n) is 29.2. The Hall–Kier alpha value is -3.40. The molecule has 0 aromatic carbocycles. The highest BCUT2D eigenvalue weighted by Crippen LogP contribution is 2.54. The first kappa shape index (κ1) is 78.7. The normalized spacial score (nSPS) is 29.9. The standard InChI is InChI=1S/C49H72N11O28P5S5/c1-22(2)84-90(69,95)76-17-30-28(13-34(81-30)60-21-51-35-40(60)53-47(50)54-44(35)65)86-91(70,96)77-18-29-27(12-33(80-29)58-15-24(4)42(63)55-48(58)66)85-92(71,97)78-19-32-37(39(74-8)46(83-32)59-16-25(5)43(64)56-49(59)67)88-93(72,98)79-20-31-36(87-89(68,94)75-11-9-10-61)38(73-7)45(82-31)57-14-23(3)41(62)52-26(57)6/h14-16,21-22,27-34,36-39,45-46,61H,6,9-13,17-20H2,1-5,7-8H3,(H,52,62)(H,68,94)(H,69,95)(H,70,96)(H,71,97)(H,72,98)(H,55,63,66)(H,56,64,67)(H3,50,53,54,65)/p-5/t27?,28?,29-,30-,31-,32-,33-,34-,36?,37?,38+,39+,45-,46-,89?,90?,91?,92?,93?/m1/s1. The van der Waals surface area contributed by atoms with Gasteiger partial charge in [-0.15, -0.1) is 0 Å². The number of aliphatic hydroxyl groups is 1. The molecule has 4 aromatic heterocycles. The highest BCUT2D eigenvalue weighted by Gasteiger charge is 2.53. The van der Waals surface area contributed by atoms with E-state index >= 15 is 0 Å². The first-order chi connectivity index (χ1) is 45.9. The molecule has 4 aromatic rings. The van der Waals surface area contributed by atoms with Crippen molar-refractivity contribution in [1.82, 2.24) is 48.8 Å². The number of ether oxygens (including phenoxy) is 6. The number of H-pyrrole nitrogens is 3. The van der Waals surface area contributed by atoms with Crippen LogP contribution < -0.4 is 58.7 Å². The van der Waals surface area contributed by atoms with Gasteiger partial charge >= 0.3 is 11.4 Å². The number of nitrogens with one attached hydrogen (secondary N) is 4. The van der Waals surface area contributed by atoms with Gasteiger partial charge in [0.2, 0.25) is 5.95 Å². The van der Waals surface area contributed by atoms with E-state index in [0.29, 0.717) is 0 Å². The van der Waals surface area contributed by atoms with Gasteiger partial charge in [-0.2, -0.15) is 4.98 Å². The summed E-state index contributed by atoms with van der Waals surface area (Å²) in [6.45, 7) is -15.9. The van der Waals surface area contributed by atoms with Crippen molar-refractivity contribution in [3.05, 3.63) is 106 Å². The van der Waals surface area contributed by atoms with Crippen LogP contribution in [0.3, 0.4) is 0 Å². The topological polar surface area (TPSA) is 509 Å². The van der Waals surface area contributed by atoms with Gasteiger partial charge in [-0.25, -0.2) is 14.6 Å². The number of rotatable bonds is 32. The zero-order chi connectivity index (χ0) is 71.7. The van der Waals surface area contributed by atoms with Crippen LogP contribution in [0.15, 0.2) is 66.9 Å². The summed E-state index contributed by atoms with van der Waals surface area (Å²) in [4.78, 5) is 149. The fraction of sp³-hybridized carbons (Fsp3) is 0.633. The Morgan fingerprint density at radius 2 is 1.18 bits per heavy atom. The van der Waals surface area contributed by atoms with E-state index in [1.165, 1.54) is 49.9 Å². The number of nitrogens with zero attached hydrogens (tertiary/aromatic N) is 6. The van der Waals surface area contributed by atoms with Gasteiger partial charge in [-0.1, -0.05) is 53.8 Å². The Labute approximate surface area is 581 Å². The lowest BCUT2D eigenvalue weighted by atomic mass is 10.1. The molecule has 4 saturated heterocycles. The Morgan fingerprint density at radius 1 is 0.684 bits per heavy atom. The van der Waals surface area contributed by atoms with Crippen LogP contribution in [0.2, 0.25) is 0 Å². The number of carbonyl (C=O) groups excluding carboxylic acids is 1. The van der Waals surface area contributed by atoms with Crippen LogP contribution >= 0.6 is 33.7 Å². The van der Waals surface area contributed by atoms with Gasteiger partial charge < -0.3 is 127 Å². The molecule has 546 valence electrons. The number of carbonyl (C=O) groups is 1. The Morgan fingerprint density at radius 3 is 1.77 bits per heavy atom. The van der Waals surface area contributed by atoms with E-state index < -0.39 is 193 Å². The van der Waals surface area contributed by atoms with E-state index in [-0.39, 0.29) is 65.7 Å². The van der Waals surface area contributed by atoms with Gasteiger partial charge in [-0.3, -0.25) is 52.4 Å². The molecule has 0 bridgehead atoms. The van der Waals surface area contributed by atoms with Crippen LogP contribution in [0, 0.1) is 13.8 Å². The fourth-order valence-corrected chi connectivity index (χ4v) is 18.1. The third kappa shape index (κ3) is 19.3. The minimum Gasteiger partial charge on any atom is -0.780 e. The van der Waals surface area contributed by atoms with Crippen molar-refractivity contribution in [2.75, 3.05) is 59.6 Å². The lowest BCUT2D eigenvalue weighted by molar-refractivity contribution is -0.221. The van der Waals surface area contributed by atoms with Gasteiger partial charge in [0, 0.05) is 69.0 Å². The van der Waals surface area contributed by atoms with Crippen molar-refractivity contribution in [2.45, 2.75) is 146 Å². The molecule has 0 aliphatic carbocycles. The number of aliphatic hydroxyl groups excluding tert-OH is 1. The first-order valence-corrected chi connectivity index (χ1v) is 42.0. The molecule has 9 unspecified atom stereocenters. The number of hydrogen-bond acceptors (Lipinski definition) is 37. The van der Waals surface area contributed by atoms with Crippen LogP contribution in [-0.2, 0) is 142 Å². The Balaban J connectivity index is 0.950. The van der Waals surface area contributed by atoms with Gasteiger partial charge in [0.15, 0.2) is 30.4 Å². The summed E-state index contributed by atoms with van der Waals surface area (Å²) in [6.07, 6.45) is -16.5. The third-order valence-electron chi connectivity index (χ3n) is 15.2. The highest BCUT2D eigenvalue weighted by atomic mass is 32.7. The molecule has 1 amide bonds. The Kier molecular flexibility index (Phi) is 26.0. The van der Waals surface area contributed by atoms with E-state index in [1.54, 1.807) is 13.8 Å². The molecule has 0 saturated carbocycles. The number of nitrogens with two attached hydrogens (primary N) is 1. The van der Waals surface area contributed by atoms with E-state index in [4.69, 9.17) is 139 Å². The highest BCUT2D eigenvalue weighted by molar-refractivity contribution is 8.32. The van der Waals surface area contributed by atoms with E-state index in [9.17, 15) is 58.0 Å². The largest absolute Gasteiger partial charge is 0.780 e. The molecule has 39 nitrogen and oxygen atoms in total. The minimum atomic E-state index is -4.97. The number of aromatic amines is 3. The second-order valence-corrected chi connectivity index (χ2v) is 36.1. The molecule has 7 N–H and O–H groups in total. The molecule has 9 heterocycles. The number of methoxy groups -OCH3 is 2. The van der Waals surface area contributed by atoms with Crippen molar-refractivity contribution in [3.8, 4) is 0 Å². The van der Waals surface area contributed by atoms with Crippen molar-refractivity contribution in [1.29, 1.82) is 0 Å². The SMILES string of the molecule is C=C1NC(=O)C(C)=CN1[C@@H]1O[C@H](COP([O-])(=S)OC2[C@@H](COP(=O)([S-])OC3C[C@H](n4cc(C)c(=O)[nH]c4=O)O[C@@H]3COP([O-])(=S)OC3C[C@H](n4cnc5c(=O)[nH]c(N)nc54)O[C@@H]3COP([O-])(=S)OC(C)C)O[C@@H](n3cc(C)c(=O)[nH]c3=O)[C@H]2OC)C(OP([O-])(=S)OCCCO)[C@@H]1OC. The van der Waals surface area contributed by atoms with E-state index in [2.05, 4.69) is 36.8 Å². The van der Waals surface area contributed by atoms with Gasteiger partial charge in [0.25, 0.3) is 22.6 Å². The van der Waals surface area contributed by atoms with Crippen LogP contribution in [0.4, 0.5) is 5.95 Å². The second-order valence-electron chi connectivity index (χ2n) is 22.5. The maximum atomic E-state index is 14.6. The number of anilines is 1. The predicted molar refractivity (Wildman–Crippen MR) is 348 cm³/mol. The minimum absolute atomic E-state index is 0.0102. The monoisotopic (exact) mass is 1570 g/mol. The van der Waals surface area contributed by atoms with Crippen LogP contribution in [0.1, 0.15) is 69.8 Å². The lowest BCUT2D eigenvalue weighted by Gasteiger charge is -2.37. The average Bonchev–Trinajstić information content (AvgIpc) is 1.64. The number of aromatic nitrogens is 8. The molecule has 0 spiro atoms. The maximum Gasteiger partial charge on any atom is 0.330 e. The molecule has 9 rings (SSSR count). The maximum absolute atomic E-state index is 14.6. The Bertz CT molecular complexity index is 4220. The van der Waals surface area contributed by atoms with Crippen molar-refractivity contribution in [2.24, 2.45) is 0 Å². The predicted octanol–water partition coefficient (Wildman–Crippen LogP) is -2.12. The summed E-state index contributed by atoms with van der Waals surface area (Å²) >= 11 is 26.5. The number of fused-ring (bicyclic) bond motifs is 1. The van der Waals surface area contributed by atoms with Crippen molar-refractivity contribution < 1.29 is 108 Å². The van der Waals surface area contributed by atoms with Crippen LogP contribution in [0.5, 0.6) is 0 Å². The third-order valence-corrected chi connectivity index (χ3v) is 23.1. The summed E-state index contributed by atoms with van der Waals surface area (Å²) in [5, 5.41) is 11.9. The lowest BCUT2D eigenvalue weighted by Crippen LogP contribution is -2.48. The number of aryl methyl sites for hydroxylation is 2. The second kappa shape index (κ2) is 32.3. The zero-order valence-corrected chi connectivity index (χ0v) is 61.1. The smallest absolute Gasteiger partial charge is 0.330 e. The molecule has 0 radical (unpaired) electrons. The fourth-order valence-electron chi connectivity index (χ4n) is 10.7. The van der Waals surface area contributed by atoms with Gasteiger partial charge in [0.05, 0.1) is 57.7 Å². The summed E-state index contributed by atoms with van der Waals surface area (Å²) in [7, 11) is 2.39. The molecular weight excluding hydrogens is 1510 g/mol. The number of amides is 1. The molecule has 49 heteroatoms. The van der Waals surface area contributed by atoms with Crippen molar-refractivity contribution >= 4 is 116 Å². The van der Waals surface area contributed by atoms with Gasteiger partial charge in [-0.05, 0) is 41.0 Å². The average molecular weight is 1570 g/mol. The van der Waals surface area contributed by atoms with Gasteiger partial charge in [0.1, 0.15) is 94.0 Å². The molecular formula is C49H67N11O28P5S5-5. The molecule has 19 atom stereocenters. The van der Waals surface area contributed by atoms with E-state index in [0.717, 1.165) is 28.6 Å². The zero-order valence-electron chi connectivity index (χ0n) is 52.5. The molecule has 4 fully saturated rings. The summed E-state index contributed by atoms with van der Waals surface area (Å²) < 4.78 is 111. The van der Waals surface area contributed by atoms with Crippen LogP contribution in [-0.4, -0.2) is 182 Å².